The second kappa shape index (κ2) is 5.64. The Hall–Kier alpha value is -1.73. The number of sulfonamides is 1. The fourth-order valence-electron chi connectivity index (χ4n) is 4.31. The molecule has 4 rings (SSSR count). The Balaban J connectivity index is 1.57. The van der Waals surface area contributed by atoms with Crippen molar-refractivity contribution in [3.63, 3.8) is 0 Å². The van der Waals surface area contributed by atoms with Crippen LogP contribution >= 0.6 is 0 Å². The van der Waals surface area contributed by atoms with Crippen LogP contribution in [0.1, 0.15) is 74.5 Å². The molecule has 7 heteroatoms. The van der Waals surface area contributed by atoms with E-state index in [9.17, 15) is 8.42 Å². The van der Waals surface area contributed by atoms with Crippen LogP contribution < -0.4 is 5.14 Å². The standard InChI is InChI=1S/C18H23N3O3S/c1-18(2)15(12-7-8-14(20-9-12)25(19,22)23)16(18)17-21-10-13(24-17)11-5-3-4-6-11/h7-11,15-16H,3-6H2,1-2H3,(H2,19,22,23)/t15-,16+/m0/s1. The maximum Gasteiger partial charge on any atom is 0.255 e. The molecule has 2 aliphatic carbocycles. The first-order valence-corrected chi connectivity index (χ1v) is 10.3. The van der Waals surface area contributed by atoms with Gasteiger partial charge in [-0.15, -0.1) is 0 Å². The Bertz CT molecular complexity index is 881. The second-order valence-corrected chi connectivity index (χ2v) is 9.34. The number of aromatic nitrogens is 2. The van der Waals surface area contributed by atoms with Crippen LogP contribution in [-0.4, -0.2) is 18.4 Å². The normalized spacial score (nSPS) is 26.0. The van der Waals surface area contributed by atoms with Gasteiger partial charge >= 0.3 is 0 Å². The minimum Gasteiger partial charge on any atom is -0.445 e. The number of nitrogens with zero attached hydrogens (tertiary/aromatic N) is 2. The summed E-state index contributed by atoms with van der Waals surface area (Å²) in [5, 5.41) is 5.01. The van der Waals surface area contributed by atoms with Crippen molar-refractivity contribution in [2.24, 2.45) is 10.6 Å². The summed E-state index contributed by atoms with van der Waals surface area (Å²) in [5.41, 5.74) is 0.991. The van der Waals surface area contributed by atoms with Gasteiger partial charge in [-0.1, -0.05) is 32.8 Å². The third-order valence-corrected chi connectivity index (χ3v) is 6.63. The van der Waals surface area contributed by atoms with Crippen molar-refractivity contribution in [3.8, 4) is 0 Å². The van der Waals surface area contributed by atoms with E-state index in [1.165, 1.54) is 31.7 Å². The number of hydrogen-bond donors (Lipinski definition) is 1. The number of pyridine rings is 1. The zero-order valence-electron chi connectivity index (χ0n) is 14.5. The van der Waals surface area contributed by atoms with E-state index in [1.54, 1.807) is 12.3 Å². The molecule has 0 bridgehead atoms. The molecular weight excluding hydrogens is 338 g/mol. The molecule has 0 aromatic carbocycles. The Kier molecular flexibility index (Phi) is 3.77. The summed E-state index contributed by atoms with van der Waals surface area (Å²) in [5.74, 6) is 2.70. The average Bonchev–Trinajstić information content (AvgIpc) is 3.03. The Morgan fingerprint density at radius 1 is 1.12 bits per heavy atom. The van der Waals surface area contributed by atoms with Crippen LogP contribution in [0.2, 0.25) is 0 Å². The lowest BCUT2D eigenvalue weighted by atomic mass is 10.1. The zero-order valence-corrected chi connectivity index (χ0v) is 15.3. The lowest BCUT2D eigenvalue weighted by Gasteiger charge is -2.03. The molecule has 2 aromatic heterocycles. The van der Waals surface area contributed by atoms with E-state index in [1.807, 2.05) is 6.20 Å². The first-order valence-electron chi connectivity index (χ1n) is 8.73. The smallest absolute Gasteiger partial charge is 0.255 e. The summed E-state index contributed by atoms with van der Waals surface area (Å²) < 4.78 is 28.8. The van der Waals surface area contributed by atoms with E-state index in [0.29, 0.717) is 5.92 Å². The van der Waals surface area contributed by atoms with Crippen molar-refractivity contribution in [2.75, 3.05) is 0 Å². The van der Waals surface area contributed by atoms with Crippen LogP contribution in [0.15, 0.2) is 34.0 Å². The first kappa shape index (κ1) is 16.7. The summed E-state index contributed by atoms with van der Waals surface area (Å²) >= 11 is 0. The first-order chi connectivity index (χ1) is 11.8. The average molecular weight is 361 g/mol. The lowest BCUT2D eigenvalue weighted by Crippen LogP contribution is -2.13. The molecule has 25 heavy (non-hydrogen) atoms. The second-order valence-electron chi connectivity index (χ2n) is 7.83. The van der Waals surface area contributed by atoms with Gasteiger partial charge in [0.05, 0.1) is 6.20 Å². The maximum atomic E-state index is 11.4. The Morgan fingerprint density at radius 2 is 1.84 bits per heavy atom. The molecule has 0 saturated heterocycles. The van der Waals surface area contributed by atoms with Crippen LogP contribution in [0.25, 0.3) is 0 Å². The SMILES string of the molecule is CC1(C)[C@@H](c2ccc(S(N)(=O)=O)nc2)[C@@H]1c1ncc(C2CCCC2)o1. The van der Waals surface area contributed by atoms with Crippen LogP contribution in [0, 0.1) is 5.41 Å². The van der Waals surface area contributed by atoms with Gasteiger partial charge in [-0.3, -0.25) is 0 Å². The van der Waals surface area contributed by atoms with Crippen molar-refractivity contribution < 1.29 is 12.8 Å². The maximum absolute atomic E-state index is 11.4. The summed E-state index contributed by atoms with van der Waals surface area (Å²) in [4.78, 5) is 8.56. The van der Waals surface area contributed by atoms with Crippen molar-refractivity contribution in [3.05, 3.63) is 41.7 Å². The predicted octanol–water partition coefficient (Wildman–Crippen LogP) is 3.28. The molecule has 134 valence electrons. The van der Waals surface area contributed by atoms with Gasteiger partial charge in [0.2, 0.25) is 0 Å². The van der Waals surface area contributed by atoms with Gasteiger partial charge in [0.25, 0.3) is 10.0 Å². The van der Waals surface area contributed by atoms with Crippen LogP contribution in [0.4, 0.5) is 0 Å². The van der Waals surface area contributed by atoms with Gasteiger partial charge in [0.1, 0.15) is 5.76 Å². The monoisotopic (exact) mass is 361 g/mol. The predicted molar refractivity (Wildman–Crippen MR) is 92.6 cm³/mol. The highest BCUT2D eigenvalue weighted by atomic mass is 32.2. The zero-order chi connectivity index (χ0) is 17.8. The van der Waals surface area contributed by atoms with Crippen molar-refractivity contribution >= 4 is 10.0 Å². The third kappa shape index (κ3) is 2.89. The summed E-state index contributed by atoms with van der Waals surface area (Å²) in [6, 6.07) is 3.26. The fourth-order valence-corrected chi connectivity index (χ4v) is 4.77. The van der Waals surface area contributed by atoms with Gasteiger partial charge < -0.3 is 4.42 Å². The Labute approximate surface area is 147 Å². The Morgan fingerprint density at radius 3 is 2.44 bits per heavy atom. The molecule has 0 amide bonds. The molecule has 2 aromatic rings. The molecule has 6 nitrogen and oxygen atoms in total. The highest BCUT2D eigenvalue weighted by molar-refractivity contribution is 7.89. The van der Waals surface area contributed by atoms with E-state index in [-0.39, 0.29) is 22.3 Å². The number of primary sulfonamides is 1. The molecule has 0 aliphatic heterocycles. The third-order valence-electron chi connectivity index (χ3n) is 5.80. The van der Waals surface area contributed by atoms with Crippen molar-refractivity contribution in [1.29, 1.82) is 0 Å². The van der Waals surface area contributed by atoms with Crippen LogP contribution in [-0.2, 0) is 10.0 Å². The molecule has 2 aliphatic rings. The number of hydrogen-bond acceptors (Lipinski definition) is 5. The fraction of sp³-hybridized carbons (Fsp3) is 0.556. The topological polar surface area (TPSA) is 99.1 Å². The summed E-state index contributed by atoms with van der Waals surface area (Å²) in [7, 11) is -3.77. The van der Waals surface area contributed by atoms with E-state index < -0.39 is 10.0 Å². The van der Waals surface area contributed by atoms with E-state index >= 15 is 0 Å². The van der Waals surface area contributed by atoms with Crippen molar-refractivity contribution in [2.45, 2.75) is 62.3 Å². The number of oxazole rings is 1. The quantitative estimate of drug-likeness (QED) is 0.901. The van der Waals surface area contributed by atoms with Gasteiger partial charge in [0.15, 0.2) is 10.9 Å². The minimum absolute atomic E-state index is 0.00257. The van der Waals surface area contributed by atoms with E-state index in [2.05, 4.69) is 23.8 Å². The molecule has 2 N–H and O–H groups in total. The van der Waals surface area contributed by atoms with Gasteiger partial charge in [0, 0.05) is 24.0 Å². The molecule has 2 saturated carbocycles. The minimum atomic E-state index is -3.77. The van der Waals surface area contributed by atoms with Gasteiger partial charge in [-0.05, 0) is 29.9 Å². The number of nitrogens with two attached hydrogens (primary N) is 1. The largest absolute Gasteiger partial charge is 0.445 e. The van der Waals surface area contributed by atoms with Crippen LogP contribution in [0.3, 0.4) is 0 Å². The van der Waals surface area contributed by atoms with Gasteiger partial charge in [-0.25, -0.2) is 23.5 Å². The molecular formula is C18H23N3O3S. The highest BCUT2D eigenvalue weighted by Crippen LogP contribution is 2.69. The highest BCUT2D eigenvalue weighted by Gasteiger charge is 2.61. The lowest BCUT2D eigenvalue weighted by molar-refractivity contribution is 0.411. The van der Waals surface area contributed by atoms with Crippen LogP contribution in [0.5, 0.6) is 0 Å². The molecule has 0 radical (unpaired) electrons. The summed E-state index contributed by atoms with van der Waals surface area (Å²) in [6.07, 6.45) is 8.39. The molecule has 2 fully saturated rings. The molecule has 2 atom stereocenters. The van der Waals surface area contributed by atoms with Crippen molar-refractivity contribution in [1.82, 2.24) is 9.97 Å². The van der Waals surface area contributed by atoms with Gasteiger partial charge in [-0.2, -0.15) is 0 Å². The molecule has 2 heterocycles. The molecule has 0 unspecified atom stereocenters. The van der Waals surface area contributed by atoms with E-state index in [0.717, 1.165) is 17.2 Å². The number of rotatable bonds is 4. The molecule has 0 spiro atoms. The van der Waals surface area contributed by atoms with E-state index in [4.69, 9.17) is 9.56 Å². The summed E-state index contributed by atoms with van der Waals surface area (Å²) in [6.45, 7) is 4.35.